The van der Waals surface area contributed by atoms with E-state index in [0.717, 1.165) is 31.2 Å². The first-order valence-electron chi connectivity index (χ1n) is 11.9. The molecule has 1 aromatic carbocycles. The van der Waals surface area contributed by atoms with Crippen LogP contribution in [0.1, 0.15) is 100 Å². The maximum absolute atomic E-state index is 12.5. The van der Waals surface area contributed by atoms with E-state index in [1.165, 1.54) is 0 Å². The Morgan fingerprint density at radius 3 is 1.22 bits per heavy atom. The van der Waals surface area contributed by atoms with Crippen molar-refractivity contribution in [3.8, 4) is 0 Å². The number of rotatable bonds is 9. The molecule has 1 aromatic rings. The fourth-order valence-corrected chi connectivity index (χ4v) is 3.07. The molecular formula is C29H67N2O2PY2. The third-order valence-electron chi connectivity index (χ3n) is 2.40. The van der Waals surface area contributed by atoms with Crippen LogP contribution in [0.5, 0.6) is 0 Å². The summed E-state index contributed by atoms with van der Waals surface area (Å²) in [7, 11) is -2.92. The second kappa shape index (κ2) is 70.8. The predicted octanol–water partition coefficient (Wildman–Crippen LogP) is 10.6. The van der Waals surface area contributed by atoms with Crippen LogP contribution in [0.3, 0.4) is 0 Å². The summed E-state index contributed by atoms with van der Waals surface area (Å²) >= 11 is 0. The number of hydrogen-bond donors (Lipinski definition) is 2. The van der Waals surface area contributed by atoms with Gasteiger partial charge in [-0.05, 0) is 18.4 Å². The Morgan fingerprint density at radius 1 is 0.694 bits per heavy atom. The van der Waals surface area contributed by atoms with Crippen LogP contribution in [0.4, 0.5) is 0 Å². The average molecular weight is 685 g/mol. The van der Waals surface area contributed by atoms with Crippen LogP contribution in [-0.4, -0.2) is 13.1 Å². The summed E-state index contributed by atoms with van der Waals surface area (Å²) in [6.07, 6.45) is 3.85. The Labute approximate surface area is 283 Å². The van der Waals surface area contributed by atoms with E-state index in [2.05, 4.69) is 24.0 Å². The minimum atomic E-state index is -2.92. The van der Waals surface area contributed by atoms with Crippen LogP contribution in [0, 0.1) is 43.6 Å². The Morgan fingerprint density at radius 2 is 0.972 bits per heavy atom. The molecule has 0 heterocycles. The molecule has 0 aliphatic carbocycles. The van der Waals surface area contributed by atoms with Gasteiger partial charge in [-0.2, -0.15) is 12.8 Å². The summed E-state index contributed by atoms with van der Waals surface area (Å²) < 4.78 is 18.0. The molecule has 0 unspecified atom stereocenters. The van der Waals surface area contributed by atoms with E-state index in [1.807, 2.05) is 99.6 Å². The molecule has 0 spiro atoms. The van der Waals surface area contributed by atoms with Gasteiger partial charge in [-0.3, -0.25) is 4.57 Å². The number of nitrogens with one attached hydrogen (secondary N) is 2. The van der Waals surface area contributed by atoms with Crippen molar-refractivity contribution in [2.24, 2.45) is 0 Å². The maximum Gasteiger partial charge on any atom is 3.00 e. The van der Waals surface area contributed by atoms with Gasteiger partial charge in [0.2, 0.25) is 0 Å². The molecule has 0 amide bonds. The first-order valence-corrected chi connectivity index (χ1v) is 13.5. The molecule has 36 heavy (non-hydrogen) atoms. The van der Waals surface area contributed by atoms with E-state index in [0.29, 0.717) is 19.7 Å². The summed E-state index contributed by atoms with van der Waals surface area (Å²) in [5, 5.41) is 5.95. The van der Waals surface area contributed by atoms with Gasteiger partial charge >= 0.3 is 73.1 Å². The van der Waals surface area contributed by atoms with E-state index >= 15 is 0 Å². The smallest absolute Gasteiger partial charge is 0.358 e. The molecule has 0 aliphatic rings. The van der Waals surface area contributed by atoms with Crippen LogP contribution < -0.4 is 10.2 Å². The zero-order valence-corrected chi connectivity index (χ0v) is 33.7. The van der Waals surface area contributed by atoms with Gasteiger partial charge in [-0.15, -0.1) is 0 Å². The summed E-state index contributed by atoms with van der Waals surface area (Å²) in [6, 6.07) is 9.77. The van der Waals surface area contributed by atoms with Crippen LogP contribution >= 0.6 is 7.67 Å². The monoisotopic (exact) mass is 684 g/mol. The van der Waals surface area contributed by atoms with Crippen molar-refractivity contribution < 1.29 is 74.5 Å². The Balaban J connectivity index is -0.0000000336. The van der Waals surface area contributed by atoms with Gasteiger partial charge in [-0.1, -0.05) is 99.6 Å². The van der Waals surface area contributed by atoms with Gasteiger partial charge < -0.3 is 48.1 Å². The van der Waals surface area contributed by atoms with Gasteiger partial charge in [0.05, 0.1) is 6.61 Å². The van der Waals surface area contributed by atoms with Crippen LogP contribution in [0.2, 0.25) is 0 Å². The third-order valence-corrected chi connectivity index (χ3v) is 4.17. The molecule has 0 saturated carbocycles. The molecular weight excluding hydrogens is 617 g/mol. The van der Waals surface area contributed by atoms with E-state index in [9.17, 15) is 4.57 Å². The predicted molar refractivity (Wildman–Crippen MR) is 166 cm³/mol. The third kappa shape index (κ3) is 65.0. The van der Waals surface area contributed by atoms with Crippen LogP contribution in [0.25, 0.3) is 0 Å². The van der Waals surface area contributed by atoms with Crippen molar-refractivity contribution in [1.82, 2.24) is 10.2 Å². The van der Waals surface area contributed by atoms with Crippen molar-refractivity contribution in [3.05, 3.63) is 79.4 Å². The Bertz CT molecular complexity index is 400. The van der Waals surface area contributed by atoms with Crippen molar-refractivity contribution in [2.45, 2.75) is 102 Å². The topological polar surface area (TPSA) is 50.4 Å². The molecule has 0 saturated heterocycles. The first-order chi connectivity index (χ1) is 14.5. The second-order valence-corrected chi connectivity index (χ2v) is 7.12. The van der Waals surface area contributed by atoms with Gasteiger partial charge in [0.25, 0.3) is 0 Å². The molecule has 0 aromatic heterocycles. The molecule has 7 heteroatoms. The molecule has 216 valence electrons. The molecule has 1 rings (SSSR count). The fraction of sp³-hybridized carbons (Fsp3) is 0.586. The van der Waals surface area contributed by atoms with Crippen LogP contribution in [0.15, 0.2) is 30.3 Å². The molecule has 2 N–H and O–H groups in total. The number of hydrogen-bond acceptors (Lipinski definition) is 2. The Hall–Kier alpha value is 1.54. The molecule has 0 radical (unpaired) electrons. The van der Waals surface area contributed by atoms with Crippen molar-refractivity contribution >= 4 is 7.67 Å². The van der Waals surface area contributed by atoms with E-state index in [1.54, 1.807) is 0 Å². The van der Waals surface area contributed by atoms with Crippen molar-refractivity contribution in [1.29, 1.82) is 0 Å². The second-order valence-electron chi connectivity index (χ2n) is 5.13. The van der Waals surface area contributed by atoms with E-state index in [-0.39, 0.29) is 95.1 Å². The minimum Gasteiger partial charge on any atom is -0.358 e. The van der Waals surface area contributed by atoms with Gasteiger partial charge in [0.15, 0.2) is 0 Å². The molecule has 0 fully saturated rings. The normalized spacial score (nSPS) is 7.33. The van der Waals surface area contributed by atoms with Crippen molar-refractivity contribution in [3.63, 3.8) is 0 Å². The standard InChI is InChI=1S/C13H23N2O2P.2C3H7.3C2H6.4CH3.2Y/c1-3-10-14-18(16,15-11-4-2)17-12-13-8-6-5-7-9-13;2*1-3-2;3*1-2;;;;;;/h5-9H,3-4,10-12H2,1-2H3,(H2,14,15,16);2*1,3H2,2H3;3*1-2H3;4*1H3;;/q;2*-1;;;;4*-1;2*+3. The summed E-state index contributed by atoms with van der Waals surface area (Å²) in [5.74, 6) is 0. The van der Waals surface area contributed by atoms with Gasteiger partial charge in [0.1, 0.15) is 0 Å². The summed E-state index contributed by atoms with van der Waals surface area (Å²) in [5.41, 5.74) is 1.02. The SMILES string of the molecule is CC.CC.CC.CCCNP(=O)(NCCC)OCc1ccccc1.[CH2-]CC.[CH2-]CC.[CH3-].[CH3-].[CH3-].[CH3-].[Y+3].[Y+3]. The summed E-state index contributed by atoms with van der Waals surface area (Å²) in [6.45, 7) is 28.8. The zero-order chi connectivity index (χ0) is 24.7. The average Bonchev–Trinajstić information content (AvgIpc) is 2.81. The fourth-order valence-electron chi connectivity index (χ4n) is 1.40. The van der Waals surface area contributed by atoms with Gasteiger partial charge in [0, 0.05) is 13.1 Å². The van der Waals surface area contributed by atoms with Crippen LogP contribution in [-0.2, 0) is 81.1 Å². The molecule has 0 atom stereocenters. The minimum absolute atomic E-state index is 0. The summed E-state index contributed by atoms with van der Waals surface area (Å²) in [4.78, 5) is 0. The maximum atomic E-state index is 12.5. The van der Waals surface area contributed by atoms with E-state index in [4.69, 9.17) is 4.52 Å². The Kier molecular flexibility index (Phi) is 140. The molecule has 0 bridgehead atoms. The van der Waals surface area contributed by atoms with Gasteiger partial charge in [-0.25, -0.2) is 10.2 Å². The molecule has 0 aliphatic heterocycles. The molecule has 4 nitrogen and oxygen atoms in total. The number of benzene rings is 1. The van der Waals surface area contributed by atoms with Crippen molar-refractivity contribution in [2.75, 3.05) is 13.1 Å². The van der Waals surface area contributed by atoms with E-state index < -0.39 is 7.67 Å². The first kappa shape index (κ1) is 71.2. The largest absolute Gasteiger partial charge is 3.00 e. The zero-order valence-electron chi connectivity index (χ0n) is 27.2. The quantitative estimate of drug-likeness (QED) is 0.201.